The van der Waals surface area contributed by atoms with Crippen LogP contribution in [0.3, 0.4) is 0 Å². The molecule has 0 radical (unpaired) electrons. The monoisotopic (exact) mass is 356 g/mol. The van der Waals surface area contributed by atoms with Crippen molar-refractivity contribution in [2.75, 3.05) is 4.90 Å². The first-order valence-corrected chi connectivity index (χ1v) is 7.45. The molecule has 1 aliphatic rings. The highest BCUT2D eigenvalue weighted by molar-refractivity contribution is 6.11. The molecule has 1 aromatic carbocycles. The molecule has 0 bridgehead atoms. The second-order valence-electron chi connectivity index (χ2n) is 5.42. The number of benzene rings is 1. The molecule has 8 heteroatoms. The summed E-state index contributed by atoms with van der Waals surface area (Å²) in [6.07, 6.45) is 4.31. The minimum Gasteiger partial charge on any atom is -0.478 e. The van der Waals surface area contributed by atoms with Crippen molar-refractivity contribution in [1.29, 1.82) is 0 Å². The molecule has 1 unspecified atom stereocenters. The van der Waals surface area contributed by atoms with E-state index < -0.39 is 17.7 Å². The maximum Gasteiger partial charge on any atom is 0.328 e. The van der Waals surface area contributed by atoms with E-state index in [9.17, 15) is 19.5 Å². The van der Waals surface area contributed by atoms with Gasteiger partial charge in [-0.3, -0.25) is 14.7 Å². The SMILES string of the molecule is CC1(O)c2ccccc2C(=O)N1c1ccncc1.O=C(O)C=CC(=O)O. The lowest BCUT2D eigenvalue weighted by atomic mass is 10.0. The Balaban J connectivity index is 0.000000260. The van der Waals surface area contributed by atoms with Crippen molar-refractivity contribution in [2.24, 2.45) is 0 Å². The maximum atomic E-state index is 12.4. The Morgan fingerprint density at radius 1 is 1.04 bits per heavy atom. The van der Waals surface area contributed by atoms with E-state index in [2.05, 4.69) is 4.98 Å². The van der Waals surface area contributed by atoms with Crippen LogP contribution in [0.2, 0.25) is 0 Å². The summed E-state index contributed by atoms with van der Waals surface area (Å²) >= 11 is 0. The first-order chi connectivity index (χ1) is 12.2. The Hall–Kier alpha value is -3.52. The van der Waals surface area contributed by atoms with Crippen LogP contribution >= 0.6 is 0 Å². The zero-order valence-corrected chi connectivity index (χ0v) is 13.7. The Kier molecular flexibility index (Phi) is 5.48. The molecule has 1 atom stereocenters. The van der Waals surface area contributed by atoms with Crippen molar-refractivity contribution in [3.63, 3.8) is 0 Å². The third kappa shape index (κ3) is 3.93. The van der Waals surface area contributed by atoms with Crippen molar-refractivity contribution in [3.05, 3.63) is 72.1 Å². The molecule has 26 heavy (non-hydrogen) atoms. The van der Waals surface area contributed by atoms with Crippen molar-refractivity contribution >= 4 is 23.5 Å². The molecule has 2 aromatic rings. The van der Waals surface area contributed by atoms with Gasteiger partial charge in [0, 0.05) is 35.7 Å². The number of hydrogen-bond acceptors (Lipinski definition) is 5. The lowest BCUT2D eigenvalue weighted by Gasteiger charge is -2.30. The van der Waals surface area contributed by atoms with Gasteiger partial charge in [-0.15, -0.1) is 0 Å². The molecule has 2 heterocycles. The molecule has 0 saturated heterocycles. The number of carboxylic acids is 2. The number of fused-ring (bicyclic) bond motifs is 1. The van der Waals surface area contributed by atoms with E-state index in [1.165, 1.54) is 4.90 Å². The number of aromatic nitrogens is 1. The number of hydrogen-bond donors (Lipinski definition) is 3. The van der Waals surface area contributed by atoms with Crippen LogP contribution in [-0.2, 0) is 15.3 Å². The van der Waals surface area contributed by atoms with Gasteiger partial charge < -0.3 is 15.3 Å². The van der Waals surface area contributed by atoms with E-state index in [4.69, 9.17) is 10.2 Å². The summed E-state index contributed by atoms with van der Waals surface area (Å²) in [4.78, 5) is 36.8. The number of rotatable bonds is 3. The predicted octanol–water partition coefficient (Wildman–Crippen LogP) is 1.62. The molecule has 1 aromatic heterocycles. The predicted molar refractivity (Wildman–Crippen MR) is 91.5 cm³/mol. The second-order valence-corrected chi connectivity index (χ2v) is 5.42. The van der Waals surface area contributed by atoms with Crippen molar-refractivity contribution in [3.8, 4) is 0 Å². The summed E-state index contributed by atoms with van der Waals surface area (Å²) in [5.74, 6) is -2.71. The van der Waals surface area contributed by atoms with Crippen LogP contribution in [0.4, 0.5) is 5.69 Å². The van der Waals surface area contributed by atoms with Crippen LogP contribution in [0.25, 0.3) is 0 Å². The first kappa shape index (κ1) is 18.8. The molecule has 8 nitrogen and oxygen atoms in total. The van der Waals surface area contributed by atoms with Crippen molar-refractivity contribution in [1.82, 2.24) is 4.98 Å². The van der Waals surface area contributed by atoms with Crippen LogP contribution in [0, 0.1) is 0 Å². The summed E-state index contributed by atoms with van der Waals surface area (Å²) < 4.78 is 0. The Morgan fingerprint density at radius 2 is 1.58 bits per heavy atom. The molecule has 1 amide bonds. The molecule has 134 valence electrons. The van der Waals surface area contributed by atoms with Crippen LogP contribution in [0.15, 0.2) is 60.9 Å². The number of carboxylic acid groups (broad SMARTS) is 2. The highest BCUT2D eigenvalue weighted by atomic mass is 16.4. The number of amides is 1. The topological polar surface area (TPSA) is 128 Å². The number of carbonyl (C=O) groups excluding carboxylic acids is 1. The minimum absolute atomic E-state index is 0.193. The van der Waals surface area contributed by atoms with Gasteiger partial charge in [0.1, 0.15) is 0 Å². The van der Waals surface area contributed by atoms with E-state index in [-0.39, 0.29) is 5.91 Å². The molecule has 0 saturated carbocycles. The number of nitrogens with zero attached hydrogens (tertiary/aromatic N) is 2. The smallest absolute Gasteiger partial charge is 0.328 e. The summed E-state index contributed by atoms with van der Waals surface area (Å²) in [6.45, 7) is 1.62. The Labute approximate surface area is 148 Å². The molecule has 1 aliphatic heterocycles. The Bertz CT molecular complexity index is 845. The largest absolute Gasteiger partial charge is 0.478 e. The third-order valence-electron chi connectivity index (χ3n) is 3.60. The van der Waals surface area contributed by atoms with Crippen LogP contribution in [0.1, 0.15) is 22.8 Å². The van der Waals surface area contributed by atoms with E-state index in [0.717, 1.165) is 0 Å². The maximum absolute atomic E-state index is 12.4. The van der Waals surface area contributed by atoms with E-state index in [1.807, 2.05) is 6.07 Å². The summed E-state index contributed by atoms with van der Waals surface area (Å²) in [5.41, 5.74) is 0.483. The average Bonchev–Trinajstić information content (AvgIpc) is 2.81. The quantitative estimate of drug-likeness (QED) is 0.713. The number of aliphatic hydroxyl groups is 1. The van der Waals surface area contributed by atoms with Gasteiger partial charge in [-0.2, -0.15) is 0 Å². The van der Waals surface area contributed by atoms with Crippen molar-refractivity contribution in [2.45, 2.75) is 12.6 Å². The third-order valence-corrected chi connectivity index (χ3v) is 3.60. The molecule has 3 N–H and O–H groups in total. The normalized spacial score (nSPS) is 18.2. The van der Waals surface area contributed by atoms with Gasteiger partial charge in [-0.05, 0) is 25.1 Å². The fourth-order valence-electron chi connectivity index (χ4n) is 2.53. The van der Waals surface area contributed by atoms with Crippen LogP contribution in [0.5, 0.6) is 0 Å². The fraction of sp³-hybridized carbons (Fsp3) is 0.111. The first-order valence-electron chi connectivity index (χ1n) is 7.45. The highest BCUT2D eigenvalue weighted by Gasteiger charge is 2.45. The number of anilines is 1. The van der Waals surface area contributed by atoms with E-state index >= 15 is 0 Å². The molecule has 3 rings (SSSR count). The van der Waals surface area contributed by atoms with Gasteiger partial charge in [-0.25, -0.2) is 9.59 Å². The second kappa shape index (κ2) is 7.58. The molecule has 0 aliphatic carbocycles. The molecule has 0 spiro atoms. The van der Waals surface area contributed by atoms with Gasteiger partial charge in [0.05, 0.1) is 5.69 Å². The summed E-state index contributed by atoms with van der Waals surface area (Å²) in [5, 5.41) is 26.2. The zero-order chi connectivity index (χ0) is 19.3. The average molecular weight is 356 g/mol. The minimum atomic E-state index is -1.32. The molecule has 0 fully saturated rings. The number of pyridine rings is 1. The van der Waals surface area contributed by atoms with E-state index in [1.54, 1.807) is 49.6 Å². The Morgan fingerprint density at radius 3 is 2.08 bits per heavy atom. The van der Waals surface area contributed by atoms with Gasteiger partial charge in [0.25, 0.3) is 5.91 Å². The number of aliphatic carboxylic acids is 2. The van der Waals surface area contributed by atoms with Gasteiger partial charge in [0.2, 0.25) is 0 Å². The standard InChI is InChI=1S/C14H12N2O2.C4H4O4/c1-14(18)12-5-3-2-4-11(12)13(17)16(14)10-6-8-15-9-7-10;5-3(6)1-2-4(7)8/h2-9,18H,1H3;1-2H,(H,5,6)(H,7,8). The lowest BCUT2D eigenvalue weighted by molar-refractivity contribution is -0.134. The van der Waals surface area contributed by atoms with Crippen LogP contribution in [-0.4, -0.2) is 38.1 Å². The molecular formula is C18H16N2O6. The summed E-state index contributed by atoms with van der Waals surface area (Å²) in [6, 6.07) is 10.5. The van der Waals surface area contributed by atoms with E-state index in [0.29, 0.717) is 29.0 Å². The van der Waals surface area contributed by atoms with Gasteiger partial charge >= 0.3 is 11.9 Å². The molecular weight excluding hydrogens is 340 g/mol. The van der Waals surface area contributed by atoms with Gasteiger partial charge in [-0.1, -0.05) is 18.2 Å². The lowest BCUT2D eigenvalue weighted by Crippen LogP contribution is -2.41. The zero-order valence-electron chi connectivity index (χ0n) is 13.7. The van der Waals surface area contributed by atoms with Gasteiger partial charge in [0.15, 0.2) is 5.72 Å². The highest BCUT2D eigenvalue weighted by Crippen LogP contribution is 2.39. The number of carbonyl (C=O) groups is 3. The van der Waals surface area contributed by atoms with Crippen molar-refractivity contribution < 1.29 is 29.7 Å². The van der Waals surface area contributed by atoms with Crippen LogP contribution < -0.4 is 4.90 Å². The fourth-order valence-corrected chi connectivity index (χ4v) is 2.53. The summed E-state index contributed by atoms with van der Waals surface area (Å²) in [7, 11) is 0.